The van der Waals surface area contributed by atoms with E-state index in [1.165, 1.54) is 0 Å². The SMILES string of the molecule is C[C@H](CC(=O)O)NC(=O)c1ccc(NC(=O)OCC2c3ccccc3-c3ccccc32)cc1. The molecule has 1 aliphatic carbocycles. The fourth-order valence-corrected chi connectivity index (χ4v) is 4.08. The molecule has 0 aliphatic heterocycles. The van der Waals surface area contributed by atoms with E-state index in [1.54, 1.807) is 31.2 Å². The van der Waals surface area contributed by atoms with Gasteiger partial charge in [-0.15, -0.1) is 0 Å². The van der Waals surface area contributed by atoms with E-state index in [1.807, 2.05) is 24.3 Å². The number of anilines is 1. The molecule has 0 spiro atoms. The lowest BCUT2D eigenvalue weighted by molar-refractivity contribution is -0.137. The summed E-state index contributed by atoms with van der Waals surface area (Å²) in [5.74, 6) is -1.39. The molecule has 0 fully saturated rings. The van der Waals surface area contributed by atoms with Crippen molar-refractivity contribution in [3.8, 4) is 11.1 Å². The molecule has 0 heterocycles. The zero-order chi connectivity index (χ0) is 23.4. The van der Waals surface area contributed by atoms with E-state index in [0.29, 0.717) is 11.3 Å². The van der Waals surface area contributed by atoms with Gasteiger partial charge in [-0.1, -0.05) is 48.5 Å². The Kier molecular flexibility index (Phi) is 6.40. The molecule has 0 saturated carbocycles. The zero-order valence-electron chi connectivity index (χ0n) is 18.1. The molecule has 3 aromatic carbocycles. The second-order valence-corrected chi connectivity index (χ2v) is 8.00. The highest BCUT2D eigenvalue weighted by atomic mass is 16.5. The van der Waals surface area contributed by atoms with Crippen LogP contribution in [-0.4, -0.2) is 35.7 Å². The Bertz CT molecular complexity index is 1140. The van der Waals surface area contributed by atoms with Gasteiger partial charge in [0.05, 0.1) is 6.42 Å². The van der Waals surface area contributed by atoms with Crippen molar-refractivity contribution in [3.05, 3.63) is 89.5 Å². The molecule has 168 valence electrons. The number of fused-ring (bicyclic) bond motifs is 3. The predicted molar refractivity (Wildman–Crippen MR) is 124 cm³/mol. The molecule has 0 aromatic heterocycles. The molecular formula is C26H24N2O5. The Labute approximate surface area is 191 Å². The van der Waals surface area contributed by atoms with Crippen LogP contribution in [0, 0.1) is 0 Å². The molecule has 3 N–H and O–H groups in total. The van der Waals surface area contributed by atoms with Crippen molar-refractivity contribution in [3.63, 3.8) is 0 Å². The van der Waals surface area contributed by atoms with Crippen molar-refractivity contribution in [2.45, 2.75) is 25.3 Å². The lowest BCUT2D eigenvalue weighted by atomic mass is 9.98. The van der Waals surface area contributed by atoms with Crippen LogP contribution >= 0.6 is 0 Å². The van der Waals surface area contributed by atoms with Crippen LogP contribution in [0.2, 0.25) is 0 Å². The lowest BCUT2D eigenvalue weighted by Gasteiger charge is -2.15. The van der Waals surface area contributed by atoms with E-state index in [9.17, 15) is 14.4 Å². The second kappa shape index (κ2) is 9.56. The van der Waals surface area contributed by atoms with Gasteiger partial charge < -0.3 is 15.2 Å². The van der Waals surface area contributed by atoms with Crippen molar-refractivity contribution in [1.82, 2.24) is 5.32 Å². The van der Waals surface area contributed by atoms with Crippen LogP contribution in [0.1, 0.15) is 40.7 Å². The molecule has 4 rings (SSSR count). The molecule has 1 aliphatic rings. The van der Waals surface area contributed by atoms with Crippen LogP contribution in [0.5, 0.6) is 0 Å². The standard InChI is InChI=1S/C26H24N2O5/c1-16(14-24(29)30)27-25(31)17-10-12-18(13-11-17)28-26(32)33-15-23-21-8-4-2-6-19(21)20-7-3-5-9-22(20)23/h2-13,16,23H,14-15H2,1H3,(H,27,31)(H,28,32)(H,29,30)/t16-/m1/s1. The number of carbonyl (C=O) groups excluding carboxylic acids is 2. The topological polar surface area (TPSA) is 105 Å². The first-order valence-electron chi connectivity index (χ1n) is 10.7. The van der Waals surface area contributed by atoms with Crippen molar-refractivity contribution in [2.24, 2.45) is 0 Å². The Morgan fingerprint density at radius 2 is 1.48 bits per heavy atom. The molecule has 0 unspecified atom stereocenters. The van der Waals surface area contributed by atoms with Gasteiger partial charge in [0.25, 0.3) is 5.91 Å². The number of carboxylic acid groups (broad SMARTS) is 1. The van der Waals surface area contributed by atoms with Gasteiger partial charge >= 0.3 is 12.1 Å². The minimum Gasteiger partial charge on any atom is -0.481 e. The molecule has 0 saturated heterocycles. The highest BCUT2D eigenvalue weighted by Crippen LogP contribution is 2.44. The van der Waals surface area contributed by atoms with Crippen LogP contribution < -0.4 is 10.6 Å². The Morgan fingerprint density at radius 3 is 2.06 bits per heavy atom. The summed E-state index contributed by atoms with van der Waals surface area (Å²) in [5.41, 5.74) is 5.45. The summed E-state index contributed by atoms with van der Waals surface area (Å²) in [6.07, 6.45) is -0.739. The highest BCUT2D eigenvalue weighted by molar-refractivity contribution is 5.95. The predicted octanol–water partition coefficient (Wildman–Crippen LogP) is 4.64. The minimum absolute atomic E-state index is 0.0259. The maximum atomic E-state index is 12.4. The number of carboxylic acids is 1. The van der Waals surface area contributed by atoms with Crippen molar-refractivity contribution >= 4 is 23.7 Å². The number of benzene rings is 3. The summed E-state index contributed by atoms with van der Waals surface area (Å²) < 4.78 is 5.53. The molecule has 7 nitrogen and oxygen atoms in total. The van der Waals surface area contributed by atoms with Gasteiger partial charge in [0.15, 0.2) is 0 Å². The zero-order valence-corrected chi connectivity index (χ0v) is 18.1. The van der Waals surface area contributed by atoms with Gasteiger partial charge in [-0.3, -0.25) is 14.9 Å². The number of rotatable bonds is 7. The van der Waals surface area contributed by atoms with Crippen LogP contribution in [-0.2, 0) is 9.53 Å². The molecule has 0 bridgehead atoms. The van der Waals surface area contributed by atoms with Gasteiger partial charge in [-0.05, 0) is 53.4 Å². The average Bonchev–Trinajstić information content (AvgIpc) is 3.11. The molecule has 3 aromatic rings. The second-order valence-electron chi connectivity index (χ2n) is 8.00. The fourth-order valence-electron chi connectivity index (χ4n) is 4.08. The highest BCUT2D eigenvalue weighted by Gasteiger charge is 2.29. The summed E-state index contributed by atoms with van der Waals surface area (Å²) in [7, 11) is 0. The van der Waals surface area contributed by atoms with E-state index < -0.39 is 18.1 Å². The molecule has 33 heavy (non-hydrogen) atoms. The summed E-state index contributed by atoms with van der Waals surface area (Å²) in [4.78, 5) is 35.3. The van der Waals surface area contributed by atoms with Crippen LogP contribution in [0.25, 0.3) is 11.1 Å². The van der Waals surface area contributed by atoms with Crippen LogP contribution in [0.3, 0.4) is 0 Å². The third-order valence-corrected chi connectivity index (χ3v) is 5.60. The minimum atomic E-state index is -0.981. The first-order valence-corrected chi connectivity index (χ1v) is 10.7. The number of carbonyl (C=O) groups is 3. The third kappa shape index (κ3) is 5.03. The first kappa shape index (κ1) is 22.1. The quantitative estimate of drug-likeness (QED) is 0.492. The largest absolute Gasteiger partial charge is 0.481 e. The van der Waals surface area contributed by atoms with E-state index in [-0.39, 0.29) is 24.9 Å². The number of ether oxygens (including phenoxy) is 1. The van der Waals surface area contributed by atoms with E-state index in [2.05, 4.69) is 34.9 Å². The number of amides is 2. The molecular weight excluding hydrogens is 420 g/mol. The van der Waals surface area contributed by atoms with Crippen LogP contribution in [0.15, 0.2) is 72.8 Å². The normalized spacial score (nSPS) is 12.9. The number of nitrogens with one attached hydrogen (secondary N) is 2. The van der Waals surface area contributed by atoms with Crippen molar-refractivity contribution in [1.29, 1.82) is 0 Å². The molecule has 2 amide bonds. The summed E-state index contributed by atoms with van der Waals surface area (Å²) in [6, 6.07) is 22.1. The third-order valence-electron chi connectivity index (χ3n) is 5.60. The maximum absolute atomic E-state index is 12.4. The Hall–Kier alpha value is -4.13. The molecule has 7 heteroatoms. The lowest BCUT2D eigenvalue weighted by Crippen LogP contribution is -2.34. The summed E-state index contributed by atoms with van der Waals surface area (Å²) in [6.45, 7) is 1.83. The van der Waals surface area contributed by atoms with E-state index in [0.717, 1.165) is 22.3 Å². The molecule has 0 radical (unpaired) electrons. The fraction of sp³-hybridized carbons (Fsp3) is 0.192. The number of aliphatic carboxylic acids is 1. The van der Waals surface area contributed by atoms with Gasteiger partial charge in [0.1, 0.15) is 6.61 Å². The number of hydrogen-bond donors (Lipinski definition) is 3. The van der Waals surface area contributed by atoms with Gasteiger partial charge in [-0.2, -0.15) is 0 Å². The maximum Gasteiger partial charge on any atom is 0.411 e. The van der Waals surface area contributed by atoms with E-state index in [4.69, 9.17) is 9.84 Å². The monoisotopic (exact) mass is 444 g/mol. The molecule has 1 atom stereocenters. The number of hydrogen-bond acceptors (Lipinski definition) is 4. The average molecular weight is 444 g/mol. The van der Waals surface area contributed by atoms with E-state index >= 15 is 0 Å². The van der Waals surface area contributed by atoms with Crippen molar-refractivity contribution in [2.75, 3.05) is 11.9 Å². The Balaban J connectivity index is 1.34. The van der Waals surface area contributed by atoms with Gasteiger partial charge in [0.2, 0.25) is 0 Å². The summed E-state index contributed by atoms with van der Waals surface area (Å²) >= 11 is 0. The van der Waals surface area contributed by atoms with Crippen LogP contribution in [0.4, 0.5) is 10.5 Å². The first-order chi connectivity index (χ1) is 15.9. The smallest absolute Gasteiger partial charge is 0.411 e. The summed E-state index contributed by atoms with van der Waals surface area (Å²) in [5, 5.41) is 14.1. The van der Waals surface area contributed by atoms with Gasteiger partial charge in [-0.25, -0.2) is 4.79 Å². The van der Waals surface area contributed by atoms with Gasteiger partial charge in [0, 0.05) is 23.2 Å². The van der Waals surface area contributed by atoms with Crippen molar-refractivity contribution < 1.29 is 24.2 Å². The Morgan fingerprint density at radius 1 is 0.909 bits per heavy atom.